The molecule has 1 aliphatic carbocycles. The van der Waals surface area contributed by atoms with E-state index in [-0.39, 0.29) is 5.75 Å². The van der Waals surface area contributed by atoms with Gasteiger partial charge in [0.05, 0.1) is 12.8 Å². The van der Waals surface area contributed by atoms with Gasteiger partial charge in [-0.1, -0.05) is 0 Å². The second-order valence-corrected chi connectivity index (χ2v) is 5.98. The lowest BCUT2D eigenvalue weighted by molar-refractivity contribution is 0.373. The van der Waals surface area contributed by atoms with E-state index in [4.69, 9.17) is 9.72 Å². The minimum atomic E-state index is 0.156. The van der Waals surface area contributed by atoms with E-state index in [0.29, 0.717) is 11.8 Å². The minimum absolute atomic E-state index is 0.156. The SMILES string of the molecule is CNC1CCCc2nc(-c3ccc(OC)c(O)c3)sc21. The number of hydrogen-bond donors (Lipinski definition) is 2. The molecule has 1 heterocycles. The summed E-state index contributed by atoms with van der Waals surface area (Å²) in [4.78, 5) is 6.08. The molecule has 0 bridgehead atoms. The average Bonchev–Trinajstić information content (AvgIpc) is 2.91. The molecule has 5 heteroatoms. The molecule has 3 rings (SSSR count). The van der Waals surface area contributed by atoms with Crippen LogP contribution in [0.1, 0.15) is 29.5 Å². The third kappa shape index (κ3) is 2.27. The predicted molar refractivity (Wildman–Crippen MR) is 80.5 cm³/mol. The van der Waals surface area contributed by atoms with Gasteiger partial charge in [-0.25, -0.2) is 4.98 Å². The van der Waals surface area contributed by atoms with Crippen LogP contribution in [0.3, 0.4) is 0 Å². The molecule has 0 spiro atoms. The lowest BCUT2D eigenvalue weighted by atomic mass is 9.98. The molecule has 1 atom stereocenters. The first kappa shape index (κ1) is 13.4. The summed E-state index contributed by atoms with van der Waals surface area (Å²) >= 11 is 1.72. The normalized spacial score (nSPS) is 17.8. The number of rotatable bonds is 3. The van der Waals surface area contributed by atoms with Crippen molar-refractivity contribution in [3.05, 3.63) is 28.8 Å². The second kappa shape index (κ2) is 5.42. The quantitative estimate of drug-likeness (QED) is 0.912. The molecule has 1 aromatic heterocycles. The van der Waals surface area contributed by atoms with Crippen molar-refractivity contribution >= 4 is 11.3 Å². The maximum atomic E-state index is 9.89. The van der Waals surface area contributed by atoms with Crippen molar-refractivity contribution in [2.24, 2.45) is 0 Å². The number of benzene rings is 1. The zero-order valence-corrected chi connectivity index (χ0v) is 12.5. The summed E-state index contributed by atoms with van der Waals surface area (Å²) in [7, 11) is 3.55. The van der Waals surface area contributed by atoms with Gasteiger partial charge in [0.1, 0.15) is 5.01 Å². The first-order valence-electron chi connectivity index (χ1n) is 6.77. The van der Waals surface area contributed by atoms with Crippen LogP contribution in [0.15, 0.2) is 18.2 Å². The number of nitrogens with one attached hydrogen (secondary N) is 1. The molecule has 1 unspecified atom stereocenters. The zero-order valence-electron chi connectivity index (χ0n) is 11.6. The number of aryl methyl sites for hydroxylation is 1. The van der Waals surface area contributed by atoms with Crippen LogP contribution < -0.4 is 10.1 Å². The number of thiazole rings is 1. The number of aromatic nitrogens is 1. The van der Waals surface area contributed by atoms with Crippen molar-refractivity contribution in [3.63, 3.8) is 0 Å². The number of hydrogen-bond acceptors (Lipinski definition) is 5. The van der Waals surface area contributed by atoms with Gasteiger partial charge >= 0.3 is 0 Å². The van der Waals surface area contributed by atoms with Crippen LogP contribution in [0.25, 0.3) is 10.6 Å². The minimum Gasteiger partial charge on any atom is -0.504 e. The van der Waals surface area contributed by atoms with Gasteiger partial charge in [0.15, 0.2) is 11.5 Å². The Labute approximate surface area is 122 Å². The maximum absolute atomic E-state index is 9.89. The van der Waals surface area contributed by atoms with Gasteiger partial charge in [-0.3, -0.25) is 0 Å². The van der Waals surface area contributed by atoms with E-state index < -0.39 is 0 Å². The summed E-state index contributed by atoms with van der Waals surface area (Å²) in [5.74, 6) is 0.645. The second-order valence-electron chi connectivity index (χ2n) is 4.95. The Kier molecular flexibility index (Phi) is 3.63. The predicted octanol–water partition coefficient (Wildman–Crippen LogP) is 3.12. The van der Waals surface area contributed by atoms with Crippen LogP contribution in [-0.2, 0) is 6.42 Å². The van der Waals surface area contributed by atoms with Crippen LogP contribution >= 0.6 is 11.3 Å². The van der Waals surface area contributed by atoms with Gasteiger partial charge in [0.2, 0.25) is 0 Å². The molecule has 2 aromatic rings. The van der Waals surface area contributed by atoms with Crippen molar-refractivity contribution in [2.75, 3.05) is 14.2 Å². The summed E-state index contributed by atoms with van der Waals surface area (Å²) in [6, 6.07) is 5.85. The molecule has 1 aliphatic rings. The van der Waals surface area contributed by atoms with Gasteiger partial charge in [-0.05, 0) is 44.5 Å². The summed E-state index contributed by atoms with van der Waals surface area (Å²) < 4.78 is 5.07. The number of nitrogens with zero attached hydrogens (tertiary/aromatic N) is 1. The van der Waals surface area contributed by atoms with E-state index in [9.17, 15) is 5.11 Å². The van der Waals surface area contributed by atoms with Crippen molar-refractivity contribution in [1.82, 2.24) is 10.3 Å². The van der Waals surface area contributed by atoms with Crippen molar-refractivity contribution in [1.29, 1.82) is 0 Å². The Hall–Kier alpha value is -1.59. The standard InChI is InChI=1S/C15H18N2O2S/c1-16-10-4-3-5-11-14(10)20-15(17-11)9-6-7-13(19-2)12(18)8-9/h6-8,10,16,18H,3-5H2,1-2H3. The molecule has 0 saturated carbocycles. The third-order valence-corrected chi connectivity index (χ3v) is 4.99. The summed E-state index contributed by atoms with van der Waals surface area (Å²) in [5.41, 5.74) is 2.14. The Balaban J connectivity index is 1.99. The van der Waals surface area contributed by atoms with E-state index in [0.717, 1.165) is 17.0 Å². The number of ether oxygens (including phenoxy) is 1. The monoisotopic (exact) mass is 290 g/mol. The van der Waals surface area contributed by atoms with Crippen molar-refractivity contribution < 1.29 is 9.84 Å². The van der Waals surface area contributed by atoms with Crippen LogP contribution in [0.4, 0.5) is 0 Å². The van der Waals surface area contributed by atoms with Gasteiger partial charge in [0, 0.05) is 16.5 Å². The highest BCUT2D eigenvalue weighted by atomic mass is 32.1. The fraction of sp³-hybridized carbons (Fsp3) is 0.400. The molecule has 0 fully saturated rings. The van der Waals surface area contributed by atoms with Gasteiger partial charge < -0.3 is 15.2 Å². The molecular formula is C15H18N2O2S. The van der Waals surface area contributed by atoms with Crippen LogP contribution in [-0.4, -0.2) is 24.2 Å². The molecule has 0 saturated heterocycles. The smallest absolute Gasteiger partial charge is 0.160 e. The van der Waals surface area contributed by atoms with Crippen molar-refractivity contribution in [3.8, 4) is 22.1 Å². The first-order chi connectivity index (χ1) is 9.72. The molecular weight excluding hydrogens is 272 g/mol. The van der Waals surface area contributed by atoms with E-state index in [2.05, 4.69) is 5.32 Å². The zero-order chi connectivity index (χ0) is 14.1. The Morgan fingerprint density at radius 2 is 2.30 bits per heavy atom. The summed E-state index contributed by atoms with van der Waals surface area (Å²) in [5, 5.41) is 14.2. The van der Waals surface area contributed by atoms with E-state index in [1.165, 1.54) is 23.4 Å². The largest absolute Gasteiger partial charge is 0.504 e. The molecule has 4 nitrogen and oxygen atoms in total. The maximum Gasteiger partial charge on any atom is 0.160 e. The lowest BCUT2D eigenvalue weighted by Crippen LogP contribution is -2.19. The highest BCUT2D eigenvalue weighted by Crippen LogP contribution is 2.39. The lowest BCUT2D eigenvalue weighted by Gasteiger charge is -2.19. The average molecular weight is 290 g/mol. The van der Waals surface area contributed by atoms with E-state index >= 15 is 0 Å². The van der Waals surface area contributed by atoms with Gasteiger partial charge in [-0.15, -0.1) is 11.3 Å². The number of phenols is 1. The van der Waals surface area contributed by atoms with Crippen molar-refractivity contribution in [2.45, 2.75) is 25.3 Å². The number of aromatic hydroxyl groups is 1. The molecule has 0 amide bonds. The summed E-state index contributed by atoms with van der Waals surface area (Å²) in [6.45, 7) is 0. The third-order valence-electron chi connectivity index (χ3n) is 3.72. The summed E-state index contributed by atoms with van der Waals surface area (Å²) in [6.07, 6.45) is 3.39. The molecule has 1 aromatic carbocycles. The molecule has 0 aliphatic heterocycles. The highest BCUT2D eigenvalue weighted by Gasteiger charge is 2.23. The number of phenolic OH excluding ortho intramolecular Hbond substituents is 1. The molecule has 0 radical (unpaired) electrons. The van der Waals surface area contributed by atoms with Gasteiger partial charge in [0.25, 0.3) is 0 Å². The molecule has 106 valence electrons. The van der Waals surface area contributed by atoms with E-state index in [1.807, 2.05) is 13.1 Å². The molecule has 2 N–H and O–H groups in total. The van der Waals surface area contributed by atoms with Crippen LogP contribution in [0.5, 0.6) is 11.5 Å². The number of methoxy groups -OCH3 is 1. The Morgan fingerprint density at radius 3 is 3.00 bits per heavy atom. The van der Waals surface area contributed by atoms with Crippen LogP contribution in [0, 0.1) is 0 Å². The van der Waals surface area contributed by atoms with Crippen LogP contribution in [0.2, 0.25) is 0 Å². The van der Waals surface area contributed by atoms with Gasteiger partial charge in [-0.2, -0.15) is 0 Å². The number of fused-ring (bicyclic) bond motifs is 1. The topological polar surface area (TPSA) is 54.4 Å². The Bertz CT molecular complexity index is 624. The first-order valence-corrected chi connectivity index (χ1v) is 7.59. The fourth-order valence-corrected chi connectivity index (χ4v) is 3.89. The highest BCUT2D eigenvalue weighted by molar-refractivity contribution is 7.15. The fourth-order valence-electron chi connectivity index (χ4n) is 2.64. The Morgan fingerprint density at radius 1 is 1.45 bits per heavy atom. The van der Waals surface area contributed by atoms with E-state index in [1.54, 1.807) is 30.6 Å². The molecule has 20 heavy (non-hydrogen) atoms.